The maximum Gasteiger partial charge on any atom is 0.244 e. The first-order chi connectivity index (χ1) is 10.0. The maximum absolute atomic E-state index is 12.5. The molecule has 1 aliphatic heterocycles. The molecule has 21 heavy (non-hydrogen) atoms. The average molecular weight is 312 g/mol. The van der Waals surface area contributed by atoms with Crippen LogP contribution in [0.1, 0.15) is 26.2 Å². The fraction of sp³-hybridized carbons (Fsp3) is 0.538. The Kier molecular flexibility index (Phi) is 5.13. The summed E-state index contributed by atoms with van der Waals surface area (Å²) in [5.41, 5.74) is 0.496. The van der Waals surface area contributed by atoms with Crippen molar-refractivity contribution in [2.45, 2.75) is 37.1 Å². The van der Waals surface area contributed by atoms with Crippen LogP contribution >= 0.6 is 0 Å². The molecule has 1 saturated heterocycles. The molecule has 0 aliphatic carbocycles. The average Bonchev–Trinajstić information content (AvgIpc) is 2.47. The summed E-state index contributed by atoms with van der Waals surface area (Å²) in [5.74, 6) is -0.281. The van der Waals surface area contributed by atoms with Crippen LogP contribution in [0.15, 0.2) is 23.4 Å². The largest absolute Gasteiger partial charge is 0.384 e. The molecule has 1 aromatic heterocycles. The highest BCUT2D eigenvalue weighted by molar-refractivity contribution is 7.89. The molecule has 1 aliphatic rings. The van der Waals surface area contributed by atoms with Gasteiger partial charge in [0, 0.05) is 25.5 Å². The Morgan fingerprint density at radius 1 is 1.48 bits per heavy atom. The van der Waals surface area contributed by atoms with Crippen LogP contribution in [0.3, 0.4) is 0 Å². The highest BCUT2D eigenvalue weighted by atomic mass is 32.2. The van der Waals surface area contributed by atoms with Gasteiger partial charge in [-0.1, -0.05) is 6.92 Å². The lowest BCUT2D eigenvalue weighted by Gasteiger charge is -2.23. The number of nitrogens with zero attached hydrogens (tertiary/aromatic N) is 1. The maximum atomic E-state index is 12.5. The third kappa shape index (κ3) is 3.92. The van der Waals surface area contributed by atoms with Crippen molar-refractivity contribution in [2.75, 3.05) is 18.4 Å². The van der Waals surface area contributed by atoms with Crippen molar-refractivity contribution in [2.24, 2.45) is 0 Å². The molecule has 116 valence electrons. The molecular formula is C13H20N4O3S. The second-order valence-electron chi connectivity index (χ2n) is 4.91. The third-order valence-electron chi connectivity index (χ3n) is 3.22. The quantitative estimate of drug-likeness (QED) is 0.708. The van der Waals surface area contributed by atoms with E-state index in [1.54, 1.807) is 6.07 Å². The molecule has 8 heteroatoms. The molecule has 0 bridgehead atoms. The Balaban J connectivity index is 2.20. The number of carbonyl (C=O) groups excluding carboxylic acids is 1. The van der Waals surface area contributed by atoms with Crippen LogP contribution in [0.2, 0.25) is 0 Å². The van der Waals surface area contributed by atoms with Crippen molar-refractivity contribution >= 4 is 21.6 Å². The summed E-state index contributed by atoms with van der Waals surface area (Å²) in [6, 6.07) is 0.897. The minimum absolute atomic E-state index is 0.0665. The Hall–Kier alpha value is -1.67. The summed E-state index contributed by atoms with van der Waals surface area (Å²) in [4.78, 5) is 15.6. The summed E-state index contributed by atoms with van der Waals surface area (Å²) in [6.45, 7) is 3.25. The zero-order valence-electron chi connectivity index (χ0n) is 11.9. The van der Waals surface area contributed by atoms with Gasteiger partial charge in [-0.15, -0.1) is 0 Å². The second-order valence-corrected chi connectivity index (χ2v) is 6.59. The van der Waals surface area contributed by atoms with E-state index in [1.807, 2.05) is 6.92 Å². The van der Waals surface area contributed by atoms with Crippen LogP contribution in [0, 0.1) is 0 Å². The Morgan fingerprint density at radius 2 is 2.29 bits per heavy atom. The number of hydrogen-bond donors (Lipinski definition) is 3. The number of piperidine rings is 1. The van der Waals surface area contributed by atoms with E-state index < -0.39 is 16.1 Å². The predicted octanol–water partition coefficient (Wildman–Crippen LogP) is 0.460. The fourth-order valence-electron chi connectivity index (χ4n) is 2.14. The predicted molar refractivity (Wildman–Crippen MR) is 79.4 cm³/mol. The zero-order valence-corrected chi connectivity index (χ0v) is 12.7. The van der Waals surface area contributed by atoms with Crippen LogP contribution in [0.5, 0.6) is 0 Å². The van der Waals surface area contributed by atoms with Crippen LogP contribution < -0.4 is 15.4 Å². The Labute approximate surface area is 124 Å². The second kappa shape index (κ2) is 6.86. The van der Waals surface area contributed by atoms with Gasteiger partial charge in [-0.25, -0.2) is 8.42 Å². The minimum Gasteiger partial charge on any atom is -0.384 e. The molecule has 1 aromatic rings. The number of rotatable bonds is 6. The smallest absolute Gasteiger partial charge is 0.244 e. The Morgan fingerprint density at radius 3 is 3.00 bits per heavy atom. The summed E-state index contributed by atoms with van der Waals surface area (Å²) < 4.78 is 27.4. The van der Waals surface area contributed by atoms with E-state index in [1.165, 1.54) is 12.4 Å². The first-order valence-electron chi connectivity index (χ1n) is 7.02. The molecule has 2 heterocycles. The number of amides is 1. The van der Waals surface area contributed by atoms with Crippen molar-refractivity contribution < 1.29 is 13.2 Å². The van der Waals surface area contributed by atoms with Crippen molar-refractivity contribution in [3.05, 3.63) is 18.5 Å². The lowest BCUT2D eigenvalue weighted by Crippen LogP contribution is -2.50. The van der Waals surface area contributed by atoms with Crippen LogP contribution in [0.4, 0.5) is 5.69 Å². The third-order valence-corrected chi connectivity index (χ3v) is 4.72. The van der Waals surface area contributed by atoms with Gasteiger partial charge >= 0.3 is 0 Å². The summed E-state index contributed by atoms with van der Waals surface area (Å²) in [6.07, 6.45) is 4.96. The number of nitrogens with one attached hydrogen (secondary N) is 3. The molecular weight excluding hydrogens is 292 g/mol. The van der Waals surface area contributed by atoms with E-state index in [-0.39, 0.29) is 10.8 Å². The van der Waals surface area contributed by atoms with Gasteiger partial charge in [0.1, 0.15) is 10.9 Å². The highest BCUT2D eigenvalue weighted by Gasteiger charge is 2.29. The van der Waals surface area contributed by atoms with Crippen molar-refractivity contribution in [1.82, 2.24) is 15.0 Å². The lowest BCUT2D eigenvalue weighted by atomic mass is 10.1. The van der Waals surface area contributed by atoms with Gasteiger partial charge in [-0.05, 0) is 25.3 Å². The van der Waals surface area contributed by atoms with Crippen molar-refractivity contribution in [3.63, 3.8) is 0 Å². The van der Waals surface area contributed by atoms with Gasteiger partial charge in [0.15, 0.2) is 0 Å². The monoisotopic (exact) mass is 312 g/mol. The SMILES string of the molecule is CCCNc1ccncc1S(=O)(=O)NC1CCCNC1=O. The van der Waals surface area contributed by atoms with E-state index >= 15 is 0 Å². The lowest BCUT2D eigenvalue weighted by molar-refractivity contribution is -0.124. The molecule has 0 spiro atoms. The first-order valence-corrected chi connectivity index (χ1v) is 8.51. The topological polar surface area (TPSA) is 100 Å². The standard InChI is InChI=1S/C13H20N4O3S/c1-2-6-15-10-5-8-14-9-12(10)21(19,20)17-11-4-3-7-16-13(11)18/h5,8-9,11,17H,2-4,6-7H2,1H3,(H,14,15)(H,16,18). The number of aromatic nitrogens is 1. The van der Waals surface area contributed by atoms with E-state index in [4.69, 9.17) is 0 Å². The van der Waals surface area contributed by atoms with Gasteiger partial charge in [-0.3, -0.25) is 9.78 Å². The highest BCUT2D eigenvalue weighted by Crippen LogP contribution is 2.20. The Bertz CT molecular complexity index is 603. The number of hydrogen-bond acceptors (Lipinski definition) is 5. The molecule has 1 amide bonds. The zero-order chi connectivity index (χ0) is 15.3. The van der Waals surface area contributed by atoms with Gasteiger partial charge < -0.3 is 10.6 Å². The summed E-state index contributed by atoms with van der Waals surface area (Å²) in [5, 5.41) is 5.72. The molecule has 1 unspecified atom stereocenters. The van der Waals surface area contributed by atoms with Crippen LogP contribution in [-0.4, -0.2) is 38.4 Å². The number of anilines is 1. The van der Waals surface area contributed by atoms with Gasteiger partial charge in [0.05, 0.1) is 5.69 Å². The molecule has 1 fully saturated rings. The summed E-state index contributed by atoms with van der Waals surface area (Å²) >= 11 is 0. The number of sulfonamides is 1. The molecule has 7 nitrogen and oxygen atoms in total. The van der Waals surface area contributed by atoms with Crippen LogP contribution in [0.25, 0.3) is 0 Å². The molecule has 0 saturated carbocycles. The van der Waals surface area contributed by atoms with Crippen molar-refractivity contribution in [3.8, 4) is 0 Å². The molecule has 3 N–H and O–H groups in total. The molecule has 0 radical (unpaired) electrons. The van der Waals surface area contributed by atoms with Crippen LogP contribution in [-0.2, 0) is 14.8 Å². The molecule has 1 atom stereocenters. The number of carbonyl (C=O) groups is 1. The molecule has 2 rings (SSSR count). The van der Waals surface area contributed by atoms with Gasteiger partial charge in [0.25, 0.3) is 0 Å². The van der Waals surface area contributed by atoms with E-state index in [2.05, 4.69) is 20.3 Å². The van der Waals surface area contributed by atoms with Crippen molar-refractivity contribution in [1.29, 1.82) is 0 Å². The first kappa shape index (κ1) is 15.7. The molecule has 0 aromatic carbocycles. The van der Waals surface area contributed by atoms with E-state index in [9.17, 15) is 13.2 Å². The van der Waals surface area contributed by atoms with E-state index in [0.717, 1.165) is 12.8 Å². The minimum atomic E-state index is -3.79. The van der Waals surface area contributed by atoms with E-state index in [0.29, 0.717) is 25.2 Å². The normalized spacial score (nSPS) is 19.1. The van der Waals surface area contributed by atoms with Gasteiger partial charge in [-0.2, -0.15) is 4.72 Å². The number of pyridine rings is 1. The fourth-order valence-corrected chi connectivity index (χ4v) is 3.49. The van der Waals surface area contributed by atoms with Gasteiger partial charge in [0.2, 0.25) is 15.9 Å². The summed E-state index contributed by atoms with van der Waals surface area (Å²) in [7, 11) is -3.79.